The van der Waals surface area contributed by atoms with Gasteiger partial charge in [-0.3, -0.25) is 10.1 Å². The number of methoxy groups -OCH3 is 2. The Morgan fingerprint density at radius 1 is 1.21 bits per heavy atom. The summed E-state index contributed by atoms with van der Waals surface area (Å²) < 4.78 is 10.7. The lowest BCUT2D eigenvalue weighted by atomic mass is 9.94. The maximum atomic E-state index is 11.7. The van der Waals surface area contributed by atoms with Gasteiger partial charge in [-0.05, 0) is 43.2 Å². The fourth-order valence-electron chi connectivity index (χ4n) is 3.16. The van der Waals surface area contributed by atoms with Crippen molar-refractivity contribution in [3.63, 3.8) is 0 Å². The Bertz CT molecular complexity index is 955. The minimum Gasteiger partial charge on any atom is -0.493 e. The van der Waals surface area contributed by atoms with Gasteiger partial charge in [-0.25, -0.2) is 4.79 Å². The van der Waals surface area contributed by atoms with Crippen LogP contribution in [0.15, 0.2) is 41.5 Å². The summed E-state index contributed by atoms with van der Waals surface area (Å²) in [5.74, 6) is 1.01. The average molecular weight is 385 g/mol. The largest absolute Gasteiger partial charge is 0.493 e. The van der Waals surface area contributed by atoms with Crippen molar-refractivity contribution in [3.8, 4) is 11.5 Å². The van der Waals surface area contributed by atoms with E-state index in [9.17, 15) is 20.0 Å². The summed E-state index contributed by atoms with van der Waals surface area (Å²) in [7, 11) is 3.04. The van der Waals surface area contributed by atoms with Gasteiger partial charge >= 0.3 is 6.09 Å². The second kappa shape index (κ2) is 7.55. The van der Waals surface area contributed by atoms with Crippen molar-refractivity contribution in [1.82, 2.24) is 5.01 Å². The van der Waals surface area contributed by atoms with E-state index in [0.29, 0.717) is 34.8 Å². The van der Waals surface area contributed by atoms with E-state index < -0.39 is 17.1 Å². The first-order valence-electron chi connectivity index (χ1n) is 8.46. The molecule has 1 unspecified atom stereocenters. The van der Waals surface area contributed by atoms with E-state index in [1.165, 1.54) is 26.4 Å². The molecule has 0 saturated heterocycles. The number of amides is 1. The fraction of sp³-hybridized carbons (Fsp3) is 0.263. The van der Waals surface area contributed by atoms with Crippen molar-refractivity contribution < 1.29 is 24.3 Å². The molecule has 0 aliphatic carbocycles. The molecule has 1 aliphatic rings. The number of non-ortho nitro benzene ring substituents is 1. The van der Waals surface area contributed by atoms with Gasteiger partial charge in [0.2, 0.25) is 0 Å². The monoisotopic (exact) mass is 385 g/mol. The van der Waals surface area contributed by atoms with Crippen LogP contribution in [0.25, 0.3) is 0 Å². The highest BCUT2D eigenvalue weighted by Crippen LogP contribution is 2.34. The van der Waals surface area contributed by atoms with Crippen LogP contribution in [-0.4, -0.2) is 47.1 Å². The Morgan fingerprint density at radius 3 is 2.36 bits per heavy atom. The molecule has 1 N–H and O–H groups in total. The molecule has 9 heteroatoms. The Morgan fingerprint density at radius 2 is 1.82 bits per heavy atom. The Labute approximate surface area is 160 Å². The Hall–Kier alpha value is -3.62. The van der Waals surface area contributed by atoms with Gasteiger partial charge in [-0.1, -0.05) is 0 Å². The van der Waals surface area contributed by atoms with Crippen molar-refractivity contribution in [3.05, 3.63) is 63.2 Å². The molecule has 3 rings (SSSR count). The third-order valence-corrected chi connectivity index (χ3v) is 4.55. The van der Waals surface area contributed by atoms with Crippen molar-refractivity contribution in [2.75, 3.05) is 14.2 Å². The molecular weight excluding hydrogens is 366 g/mol. The average Bonchev–Trinajstić information content (AvgIpc) is 2.82. The number of hydrogen-bond acceptors (Lipinski definition) is 6. The number of nitro benzene ring substituents is 1. The third kappa shape index (κ3) is 3.46. The highest BCUT2D eigenvalue weighted by molar-refractivity contribution is 6.14. The highest BCUT2D eigenvalue weighted by Gasteiger charge is 2.28. The maximum Gasteiger partial charge on any atom is 0.428 e. The third-order valence-electron chi connectivity index (χ3n) is 4.55. The van der Waals surface area contributed by atoms with E-state index >= 15 is 0 Å². The highest BCUT2D eigenvalue weighted by atomic mass is 16.6. The number of rotatable bonds is 4. The van der Waals surface area contributed by atoms with E-state index in [4.69, 9.17) is 9.47 Å². The van der Waals surface area contributed by atoms with E-state index in [1.54, 1.807) is 31.2 Å². The number of carboxylic acid groups (broad SMARTS) is 1. The zero-order valence-electron chi connectivity index (χ0n) is 15.6. The summed E-state index contributed by atoms with van der Waals surface area (Å²) in [5.41, 5.74) is 2.40. The molecule has 9 nitrogen and oxygen atoms in total. The molecule has 0 aromatic heterocycles. The molecule has 1 amide bonds. The molecular formula is C19H19N3O6. The first-order chi connectivity index (χ1) is 13.3. The number of benzene rings is 2. The second-order valence-corrected chi connectivity index (χ2v) is 6.30. The molecule has 0 saturated carbocycles. The molecule has 2 aromatic rings. The van der Waals surface area contributed by atoms with Gasteiger partial charge in [0.15, 0.2) is 11.5 Å². The number of fused-ring (bicyclic) bond motifs is 1. The van der Waals surface area contributed by atoms with Gasteiger partial charge in [0.05, 0.1) is 30.9 Å². The van der Waals surface area contributed by atoms with Crippen LogP contribution in [0, 0.1) is 10.1 Å². The van der Waals surface area contributed by atoms with E-state index in [-0.39, 0.29) is 5.69 Å². The number of ether oxygens (including phenoxy) is 2. The van der Waals surface area contributed by atoms with Crippen LogP contribution in [-0.2, 0) is 6.42 Å². The first kappa shape index (κ1) is 19.2. The normalized spacial score (nSPS) is 15.9. The zero-order chi connectivity index (χ0) is 20.4. The van der Waals surface area contributed by atoms with Gasteiger partial charge < -0.3 is 14.6 Å². The van der Waals surface area contributed by atoms with E-state index in [1.807, 2.05) is 0 Å². The number of hydrogen-bond donors (Lipinski definition) is 1. The molecule has 0 fully saturated rings. The molecule has 146 valence electrons. The van der Waals surface area contributed by atoms with Crippen LogP contribution < -0.4 is 9.47 Å². The number of carbonyl (C=O) groups is 1. The second-order valence-electron chi connectivity index (χ2n) is 6.30. The smallest absolute Gasteiger partial charge is 0.428 e. The van der Waals surface area contributed by atoms with Crippen LogP contribution >= 0.6 is 0 Å². The minimum absolute atomic E-state index is 0.0611. The number of nitro groups is 1. The van der Waals surface area contributed by atoms with Gasteiger partial charge in [-0.2, -0.15) is 10.1 Å². The van der Waals surface area contributed by atoms with Crippen LogP contribution in [0.2, 0.25) is 0 Å². The van der Waals surface area contributed by atoms with Gasteiger partial charge in [0, 0.05) is 23.3 Å². The predicted molar refractivity (Wildman–Crippen MR) is 101 cm³/mol. The van der Waals surface area contributed by atoms with Crippen LogP contribution in [0.4, 0.5) is 10.5 Å². The summed E-state index contributed by atoms with van der Waals surface area (Å²) in [6.45, 7) is 1.76. The molecule has 2 aromatic carbocycles. The first-order valence-corrected chi connectivity index (χ1v) is 8.46. The molecule has 28 heavy (non-hydrogen) atoms. The zero-order valence-corrected chi connectivity index (χ0v) is 15.6. The van der Waals surface area contributed by atoms with Gasteiger partial charge in [-0.15, -0.1) is 0 Å². The van der Waals surface area contributed by atoms with Gasteiger partial charge in [0.25, 0.3) is 5.69 Å². The lowest BCUT2D eigenvalue weighted by molar-refractivity contribution is -0.384. The van der Waals surface area contributed by atoms with Crippen molar-refractivity contribution in [1.29, 1.82) is 0 Å². The van der Waals surface area contributed by atoms with Gasteiger partial charge in [0.1, 0.15) is 0 Å². The fourth-order valence-corrected chi connectivity index (χ4v) is 3.16. The lowest BCUT2D eigenvalue weighted by Crippen LogP contribution is -2.34. The van der Waals surface area contributed by atoms with E-state index in [0.717, 1.165) is 10.6 Å². The molecule has 1 heterocycles. The summed E-state index contributed by atoms with van der Waals surface area (Å²) in [4.78, 5) is 22.2. The summed E-state index contributed by atoms with van der Waals surface area (Å²) in [5, 5.41) is 25.9. The topological polar surface area (TPSA) is 114 Å². The summed E-state index contributed by atoms with van der Waals surface area (Å²) in [6, 6.07) is 8.95. The quantitative estimate of drug-likeness (QED) is 0.638. The standard InChI is InChI=1S/C19H19N3O6/c1-11-8-13-9-16(27-2)17(28-3)10-15(13)18(20-21(11)19(23)24)12-4-6-14(7-5-12)22(25)26/h4-7,9-11H,8H2,1-3H3,(H,23,24). The summed E-state index contributed by atoms with van der Waals surface area (Å²) >= 11 is 0. The predicted octanol–water partition coefficient (Wildman–Crippen LogP) is 3.29. The van der Waals surface area contributed by atoms with E-state index in [2.05, 4.69) is 5.10 Å². The van der Waals surface area contributed by atoms with Crippen LogP contribution in [0.5, 0.6) is 11.5 Å². The molecule has 1 aliphatic heterocycles. The Kier molecular flexibility index (Phi) is 5.16. The summed E-state index contributed by atoms with van der Waals surface area (Å²) in [6.07, 6.45) is -0.763. The van der Waals surface area contributed by atoms with Crippen molar-refractivity contribution in [2.45, 2.75) is 19.4 Å². The van der Waals surface area contributed by atoms with Crippen molar-refractivity contribution in [2.24, 2.45) is 5.10 Å². The number of nitrogens with zero attached hydrogens (tertiary/aromatic N) is 3. The van der Waals surface area contributed by atoms with Crippen LogP contribution in [0.1, 0.15) is 23.6 Å². The molecule has 0 bridgehead atoms. The molecule has 1 atom stereocenters. The Balaban J connectivity index is 2.23. The SMILES string of the molecule is COc1cc2c(cc1OC)C(c1ccc([N+](=O)[O-])cc1)=NN(C(=O)O)C(C)C2. The molecule has 0 radical (unpaired) electrons. The number of hydrazone groups is 1. The lowest BCUT2D eigenvalue weighted by Gasteiger charge is -2.19. The van der Waals surface area contributed by atoms with Crippen molar-refractivity contribution >= 4 is 17.5 Å². The van der Waals surface area contributed by atoms with Crippen LogP contribution in [0.3, 0.4) is 0 Å². The molecule has 0 spiro atoms. The minimum atomic E-state index is -1.18. The maximum absolute atomic E-state index is 11.7.